The Bertz CT molecular complexity index is 61.9. The first-order valence-corrected chi connectivity index (χ1v) is 5.20. The van der Waals surface area contributed by atoms with Gasteiger partial charge >= 0.3 is 0 Å². The number of likely N-dealkylation sites (N-methyl/N-ethyl adjacent to an activating group) is 1. The van der Waals surface area contributed by atoms with Gasteiger partial charge in [-0.15, -0.1) is 0 Å². The molecule has 13 heavy (non-hydrogen) atoms. The third-order valence-electron chi connectivity index (χ3n) is 1.48. The van der Waals surface area contributed by atoms with Gasteiger partial charge in [-0.1, -0.05) is 13.3 Å². The molecule has 0 aliphatic rings. The van der Waals surface area contributed by atoms with E-state index in [1.807, 2.05) is 21.0 Å². The van der Waals surface area contributed by atoms with E-state index in [-0.39, 0.29) is 0 Å². The second-order valence-corrected chi connectivity index (χ2v) is 2.76. The minimum absolute atomic E-state index is 0.821. The highest BCUT2D eigenvalue weighted by Crippen LogP contribution is 1.79. The lowest BCUT2D eigenvalue weighted by atomic mass is 10.3. The molecule has 0 aliphatic carbocycles. The fourth-order valence-corrected chi connectivity index (χ4v) is 0.672. The van der Waals surface area contributed by atoms with E-state index in [1.54, 1.807) is 0 Å². The van der Waals surface area contributed by atoms with Crippen LogP contribution >= 0.6 is 0 Å². The van der Waals surface area contributed by atoms with E-state index in [9.17, 15) is 0 Å². The summed E-state index contributed by atoms with van der Waals surface area (Å²) >= 11 is 0. The lowest BCUT2D eigenvalue weighted by Crippen LogP contribution is -2.13. The molecule has 0 radical (unpaired) electrons. The molecule has 0 spiro atoms. The Morgan fingerprint density at radius 1 is 1.00 bits per heavy atom. The molecule has 0 atom stereocenters. The molecule has 0 bridgehead atoms. The first kappa shape index (κ1) is 15.4. The zero-order chi connectivity index (χ0) is 10.4. The van der Waals surface area contributed by atoms with Gasteiger partial charge in [0, 0.05) is 13.2 Å². The van der Waals surface area contributed by atoms with Crippen molar-refractivity contribution < 1.29 is 4.74 Å². The van der Waals surface area contributed by atoms with Gasteiger partial charge in [-0.2, -0.15) is 0 Å². The van der Waals surface area contributed by atoms with Crippen LogP contribution in [0, 0.1) is 0 Å². The van der Waals surface area contributed by atoms with E-state index in [2.05, 4.69) is 17.6 Å². The summed E-state index contributed by atoms with van der Waals surface area (Å²) in [6, 6.07) is 0. The Kier molecular flexibility index (Phi) is 21.1. The zero-order valence-corrected chi connectivity index (χ0v) is 9.65. The second kappa shape index (κ2) is 17.8. The quantitative estimate of drug-likeness (QED) is 0.593. The first-order chi connectivity index (χ1) is 6.33. The van der Waals surface area contributed by atoms with Crippen molar-refractivity contribution in [1.82, 2.24) is 10.6 Å². The van der Waals surface area contributed by atoms with Gasteiger partial charge in [0.25, 0.3) is 0 Å². The Hall–Kier alpha value is -0.120. The van der Waals surface area contributed by atoms with E-state index in [4.69, 9.17) is 4.74 Å². The number of hydrogen-bond donors (Lipinski definition) is 2. The summed E-state index contributed by atoms with van der Waals surface area (Å²) in [5.74, 6) is 0. The molecule has 0 saturated carbocycles. The number of unbranched alkanes of at least 4 members (excludes halogenated alkanes) is 1. The summed E-state index contributed by atoms with van der Waals surface area (Å²) in [4.78, 5) is 0. The van der Waals surface area contributed by atoms with Crippen molar-refractivity contribution >= 4 is 0 Å². The van der Waals surface area contributed by atoms with Crippen LogP contribution in [-0.2, 0) is 4.74 Å². The molecule has 0 rings (SSSR count). The van der Waals surface area contributed by atoms with Crippen LogP contribution in [0.3, 0.4) is 0 Å². The van der Waals surface area contributed by atoms with Crippen molar-refractivity contribution in [2.45, 2.75) is 26.7 Å². The van der Waals surface area contributed by atoms with Crippen LogP contribution in [0.2, 0.25) is 0 Å². The first-order valence-electron chi connectivity index (χ1n) is 5.20. The lowest BCUT2D eigenvalue weighted by molar-refractivity contribution is 0.151. The highest BCUT2D eigenvalue weighted by Gasteiger charge is 1.77. The van der Waals surface area contributed by atoms with Gasteiger partial charge in [0.05, 0.1) is 6.61 Å². The fourth-order valence-electron chi connectivity index (χ4n) is 0.672. The van der Waals surface area contributed by atoms with Crippen LogP contribution in [0.1, 0.15) is 26.7 Å². The van der Waals surface area contributed by atoms with Crippen LogP contribution in [0.5, 0.6) is 0 Å². The standard InChI is InChI=1S/C5H13NO.C5H13N/c1-3-7-5-4-6-2;1-3-4-5-6-2/h6H,3-5H2,1-2H3;6H,3-5H2,1-2H3. The molecule has 0 saturated heterocycles. The van der Waals surface area contributed by atoms with Gasteiger partial charge in [-0.3, -0.25) is 0 Å². The predicted molar refractivity (Wildman–Crippen MR) is 59.3 cm³/mol. The van der Waals surface area contributed by atoms with Crippen molar-refractivity contribution in [2.75, 3.05) is 40.4 Å². The summed E-state index contributed by atoms with van der Waals surface area (Å²) in [6.07, 6.45) is 2.59. The summed E-state index contributed by atoms with van der Waals surface area (Å²) in [5.41, 5.74) is 0. The minimum atomic E-state index is 0.821. The van der Waals surface area contributed by atoms with E-state index < -0.39 is 0 Å². The number of rotatable bonds is 7. The van der Waals surface area contributed by atoms with Gasteiger partial charge in [0.15, 0.2) is 0 Å². The molecule has 0 fully saturated rings. The monoisotopic (exact) mass is 190 g/mol. The van der Waals surface area contributed by atoms with Crippen molar-refractivity contribution in [3.05, 3.63) is 0 Å². The molecule has 0 aromatic heterocycles. The normalized spacial score (nSPS) is 9.23. The Morgan fingerprint density at radius 2 is 1.62 bits per heavy atom. The molecule has 0 unspecified atom stereocenters. The number of hydrogen-bond acceptors (Lipinski definition) is 3. The van der Waals surface area contributed by atoms with Crippen LogP contribution in [-0.4, -0.2) is 40.4 Å². The van der Waals surface area contributed by atoms with Crippen molar-refractivity contribution in [2.24, 2.45) is 0 Å². The second-order valence-electron chi connectivity index (χ2n) is 2.76. The maximum absolute atomic E-state index is 5.01. The van der Waals surface area contributed by atoms with E-state index in [1.165, 1.54) is 12.8 Å². The zero-order valence-electron chi connectivity index (χ0n) is 9.65. The molecule has 0 aromatic carbocycles. The number of nitrogens with one attached hydrogen (secondary N) is 2. The fraction of sp³-hybridized carbons (Fsp3) is 1.00. The highest BCUT2D eigenvalue weighted by atomic mass is 16.5. The van der Waals surface area contributed by atoms with Crippen LogP contribution < -0.4 is 10.6 Å². The molecular weight excluding hydrogens is 164 g/mol. The molecule has 0 aromatic rings. The predicted octanol–water partition coefficient (Wildman–Crippen LogP) is 1.25. The third kappa shape index (κ3) is 24.5. The van der Waals surface area contributed by atoms with Gasteiger partial charge in [0.1, 0.15) is 0 Å². The summed E-state index contributed by atoms with van der Waals surface area (Å²) in [6.45, 7) is 7.95. The summed E-state index contributed by atoms with van der Waals surface area (Å²) in [7, 11) is 3.90. The largest absolute Gasteiger partial charge is 0.380 e. The summed E-state index contributed by atoms with van der Waals surface area (Å²) in [5, 5.41) is 6.05. The van der Waals surface area contributed by atoms with Gasteiger partial charge in [-0.05, 0) is 34.0 Å². The minimum Gasteiger partial charge on any atom is -0.380 e. The van der Waals surface area contributed by atoms with E-state index in [0.29, 0.717) is 0 Å². The third-order valence-corrected chi connectivity index (χ3v) is 1.48. The Balaban J connectivity index is 0. The maximum Gasteiger partial charge on any atom is 0.0590 e. The SMILES string of the molecule is CCCCNC.CCOCCNC. The molecule has 2 N–H and O–H groups in total. The van der Waals surface area contributed by atoms with Crippen molar-refractivity contribution in [3.63, 3.8) is 0 Å². The topological polar surface area (TPSA) is 33.3 Å². The van der Waals surface area contributed by atoms with Crippen LogP contribution in [0.15, 0.2) is 0 Å². The summed E-state index contributed by atoms with van der Waals surface area (Å²) < 4.78 is 5.01. The molecule has 3 heteroatoms. The van der Waals surface area contributed by atoms with Gasteiger partial charge < -0.3 is 15.4 Å². The Labute approximate surface area is 83.2 Å². The average Bonchev–Trinajstić information content (AvgIpc) is 2.17. The van der Waals surface area contributed by atoms with Crippen LogP contribution in [0.4, 0.5) is 0 Å². The molecule has 0 heterocycles. The van der Waals surface area contributed by atoms with Gasteiger partial charge in [0.2, 0.25) is 0 Å². The molecule has 3 nitrogen and oxygen atoms in total. The molecule has 0 amide bonds. The molecule has 82 valence electrons. The molecule has 0 aliphatic heterocycles. The maximum atomic E-state index is 5.01. The van der Waals surface area contributed by atoms with E-state index >= 15 is 0 Å². The van der Waals surface area contributed by atoms with Crippen molar-refractivity contribution in [3.8, 4) is 0 Å². The van der Waals surface area contributed by atoms with Crippen LogP contribution in [0.25, 0.3) is 0 Å². The van der Waals surface area contributed by atoms with Crippen molar-refractivity contribution in [1.29, 1.82) is 0 Å². The number of ether oxygens (including phenoxy) is 1. The molecular formula is C10H26N2O. The van der Waals surface area contributed by atoms with Gasteiger partial charge in [-0.25, -0.2) is 0 Å². The van der Waals surface area contributed by atoms with E-state index in [0.717, 1.165) is 26.3 Å². The highest BCUT2D eigenvalue weighted by molar-refractivity contribution is 4.35. The smallest absolute Gasteiger partial charge is 0.0590 e. The average molecular weight is 190 g/mol. The Morgan fingerprint density at radius 3 is 1.92 bits per heavy atom. The lowest BCUT2D eigenvalue weighted by Gasteiger charge is -1.96.